The van der Waals surface area contributed by atoms with Crippen molar-refractivity contribution in [1.29, 1.82) is 0 Å². The number of likely N-dealkylation sites (tertiary alicyclic amines) is 1. The zero-order chi connectivity index (χ0) is 20.6. The number of benzene rings is 1. The third-order valence-corrected chi connectivity index (χ3v) is 7.58. The van der Waals surface area contributed by atoms with Crippen LogP contribution in [0.5, 0.6) is 0 Å². The van der Waals surface area contributed by atoms with Gasteiger partial charge in [-0.05, 0) is 50.3 Å². The van der Waals surface area contributed by atoms with Gasteiger partial charge < -0.3 is 10.2 Å². The lowest BCUT2D eigenvalue weighted by molar-refractivity contribution is -0.126. The van der Waals surface area contributed by atoms with Gasteiger partial charge in [-0.15, -0.1) is 4.40 Å². The van der Waals surface area contributed by atoms with Crippen LogP contribution in [0.1, 0.15) is 51.0 Å². The van der Waals surface area contributed by atoms with Gasteiger partial charge in [-0.25, -0.2) is 4.39 Å². The average Bonchev–Trinajstić information content (AvgIpc) is 3.28. The van der Waals surface area contributed by atoms with E-state index in [1.807, 2.05) is 4.90 Å². The van der Waals surface area contributed by atoms with Crippen LogP contribution < -0.4 is 5.32 Å². The highest BCUT2D eigenvalue weighted by Gasteiger charge is 2.36. The quantitative estimate of drug-likeness (QED) is 0.817. The van der Waals surface area contributed by atoms with Crippen molar-refractivity contribution in [2.75, 3.05) is 13.1 Å². The van der Waals surface area contributed by atoms with Crippen LogP contribution in [0.15, 0.2) is 34.2 Å². The van der Waals surface area contributed by atoms with E-state index in [9.17, 15) is 17.6 Å². The second-order valence-electron chi connectivity index (χ2n) is 8.10. The molecule has 4 rings (SSSR count). The molecule has 1 amide bonds. The number of halogens is 1. The molecule has 2 fully saturated rings. The molecule has 0 unspecified atom stereocenters. The highest BCUT2D eigenvalue weighted by molar-refractivity contribution is 8.00. The van der Waals surface area contributed by atoms with Crippen molar-refractivity contribution >= 4 is 26.7 Å². The molecule has 0 atom stereocenters. The number of piperidine rings is 1. The summed E-state index contributed by atoms with van der Waals surface area (Å²) >= 11 is 0. The van der Waals surface area contributed by atoms with Gasteiger partial charge in [0.15, 0.2) is 0 Å². The van der Waals surface area contributed by atoms with Gasteiger partial charge in [0.25, 0.3) is 10.0 Å². The first-order chi connectivity index (χ1) is 13.8. The lowest BCUT2D eigenvalue weighted by Crippen LogP contribution is -2.44. The molecule has 6 nitrogen and oxygen atoms in total. The predicted molar refractivity (Wildman–Crippen MR) is 110 cm³/mol. The Labute approximate surface area is 170 Å². The molecule has 1 saturated carbocycles. The van der Waals surface area contributed by atoms with Gasteiger partial charge in [0, 0.05) is 30.6 Å². The number of amidine groups is 1. The molecule has 0 aromatic heterocycles. The largest absolute Gasteiger partial charge is 0.356 e. The Morgan fingerprint density at radius 3 is 2.34 bits per heavy atom. The van der Waals surface area contributed by atoms with Crippen molar-refractivity contribution in [3.8, 4) is 0 Å². The number of nitrogens with one attached hydrogen (secondary N) is 1. The molecule has 0 bridgehead atoms. The summed E-state index contributed by atoms with van der Waals surface area (Å²) in [5.41, 5.74) is 1.01. The van der Waals surface area contributed by atoms with Crippen molar-refractivity contribution in [2.45, 2.75) is 51.5 Å². The first-order valence-corrected chi connectivity index (χ1v) is 11.7. The Morgan fingerprint density at radius 2 is 1.72 bits per heavy atom. The molecule has 0 spiro atoms. The Kier molecular flexibility index (Phi) is 5.46. The van der Waals surface area contributed by atoms with Crippen molar-refractivity contribution in [3.05, 3.63) is 41.2 Å². The summed E-state index contributed by atoms with van der Waals surface area (Å²) in [5.74, 6) is 0.114. The van der Waals surface area contributed by atoms with E-state index in [0.29, 0.717) is 48.9 Å². The van der Waals surface area contributed by atoms with Crippen molar-refractivity contribution < 1.29 is 17.6 Å². The van der Waals surface area contributed by atoms with Gasteiger partial charge >= 0.3 is 0 Å². The zero-order valence-corrected chi connectivity index (χ0v) is 17.3. The maximum absolute atomic E-state index is 13.2. The van der Waals surface area contributed by atoms with Crippen LogP contribution in [0.25, 0.3) is 4.91 Å². The number of nitrogens with zero attached hydrogens (tertiary/aromatic N) is 2. The van der Waals surface area contributed by atoms with E-state index in [4.69, 9.17) is 0 Å². The standard InChI is InChI=1S/C21H26FN3O3S/c1-14-19(15-6-8-17(22)9-7-15)29(27,28)24-20(14)25-12-10-16(11-13-25)21(26)23-18-4-2-3-5-18/h6-9,16,18H,2-5,10-13H2,1H3,(H,23,26). The van der Waals surface area contributed by atoms with Crippen molar-refractivity contribution in [2.24, 2.45) is 10.3 Å². The summed E-state index contributed by atoms with van der Waals surface area (Å²) in [6, 6.07) is 5.73. The minimum Gasteiger partial charge on any atom is -0.356 e. The molecule has 2 aliphatic heterocycles. The summed E-state index contributed by atoms with van der Waals surface area (Å²) in [7, 11) is -3.82. The van der Waals surface area contributed by atoms with Gasteiger partial charge in [0.05, 0.1) is 0 Å². The molecular formula is C21H26FN3O3S. The molecular weight excluding hydrogens is 393 g/mol. The fourth-order valence-electron chi connectivity index (χ4n) is 4.53. The third kappa shape index (κ3) is 4.08. The van der Waals surface area contributed by atoms with Crippen LogP contribution in [0.4, 0.5) is 4.39 Å². The van der Waals surface area contributed by atoms with Crippen molar-refractivity contribution in [3.63, 3.8) is 0 Å². The average molecular weight is 420 g/mol. The monoisotopic (exact) mass is 419 g/mol. The maximum Gasteiger partial charge on any atom is 0.285 e. The molecule has 1 aromatic rings. The Morgan fingerprint density at radius 1 is 1.10 bits per heavy atom. The first kappa shape index (κ1) is 20.1. The lowest BCUT2D eigenvalue weighted by Gasteiger charge is -2.33. The number of hydrogen-bond donors (Lipinski definition) is 1. The summed E-state index contributed by atoms with van der Waals surface area (Å²) in [6.07, 6.45) is 5.84. The van der Waals surface area contributed by atoms with E-state index in [-0.39, 0.29) is 16.7 Å². The van der Waals surface area contributed by atoms with Gasteiger partial charge in [0.1, 0.15) is 16.6 Å². The van der Waals surface area contributed by atoms with Crippen LogP contribution >= 0.6 is 0 Å². The van der Waals surface area contributed by atoms with Crippen LogP contribution in [0.2, 0.25) is 0 Å². The summed E-state index contributed by atoms with van der Waals surface area (Å²) < 4.78 is 42.5. The van der Waals surface area contributed by atoms with Crippen LogP contribution in [-0.2, 0) is 14.8 Å². The molecule has 1 N–H and O–H groups in total. The SMILES string of the molecule is CC1=C(c2ccc(F)cc2)S(=O)(=O)N=C1N1CCC(C(=O)NC2CCCC2)CC1. The van der Waals surface area contributed by atoms with E-state index >= 15 is 0 Å². The molecule has 29 heavy (non-hydrogen) atoms. The Bertz CT molecular complexity index is 955. The smallest absolute Gasteiger partial charge is 0.285 e. The molecule has 1 aliphatic carbocycles. The summed E-state index contributed by atoms with van der Waals surface area (Å²) in [4.78, 5) is 14.6. The van der Waals surface area contributed by atoms with E-state index in [2.05, 4.69) is 9.71 Å². The molecule has 3 aliphatic rings. The summed E-state index contributed by atoms with van der Waals surface area (Å²) in [5, 5.41) is 3.16. The second kappa shape index (κ2) is 7.89. The van der Waals surface area contributed by atoms with Crippen LogP contribution in [0.3, 0.4) is 0 Å². The topological polar surface area (TPSA) is 78.8 Å². The van der Waals surface area contributed by atoms with E-state index in [1.54, 1.807) is 6.92 Å². The van der Waals surface area contributed by atoms with Gasteiger partial charge in [0.2, 0.25) is 5.91 Å². The maximum atomic E-state index is 13.2. The fraction of sp³-hybridized carbons (Fsp3) is 0.524. The minimum absolute atomic E-state index is 0.0358. The molecule has 0 radical (unpaired) electrons. The molecule has 1 aromatic carbocycles. The minimum atomic E-state index is -3.82. The zero-order valence-electron chi connectivity index (χ0n) is 16.5. The number of sulfonamides is 1. The highest BCUT2D eigenvalue weighted by Crippen LogP contribution is 2.34. The van der Waals surface area contributed by atoms with Gasteiger partial charge in [-0.3, -0.25) is 4.79 Å². The number of amides is 1. The fourth-order valence-corrected chi connectivity index (χ4v) is 6.01. The lowest BCUT2D eigenvalue weighted by atomic mass is 9.94. The highest BCUT2D eigenvalue weighted by atomic mass is 32.2. The van der Waals surface area contributed by atoms with Crippen molar-refractivity contribution in [1.82, 2.24) is 10.2 Å². The van der Waals surface area contributed by atoms with Crippen LogP contribution in [-0.4, -0.2) is 44.2 Å². The number of carbonyl (C=O) groups is 1. The molecule has 1 saturated heterocycles. The van der Waals surface area contributed by atoms with E-state index < -0.39 is 15.8 Å². The molecule has 8 heteroatoms. The Hall–Kier alpha value is -2.22. The number of hydrogen-bond acceptors (Lipinski definition) is 4. The normalized spacial score (nSPS) is 22.8. The summed E-state index contributed by atoms with van der Waals surface area (Å²) in [6.45, 7) is 2.91. The second-order valence-corrected chi connectivity index (χ2v) is 9.64. The third-order valence-electron chi connectivity index (χ3n) is 6.11. The van der Waals surface area contributed by atoms with E-state index in [0.717, 1.165) is 12.8 Å². The molecule has 2 heterocycles. The molecule has 156 valence electrons. The number of carbonyl (C=O) groups excluding carboxylic acids is 1. The predicted octanol–water partition coefficient (Wildman–Crippen LogP) is 3.07. The van der Waals surface area contributed by atoms with Gasteiger partial charge in [-0.2, -0.15) is 8.42 Å². The Balaban J connectivity index is 1.45. The van der Waals surface area contributed by atoms with Gasteiger partial charge in [-0.1, -0.05) is 25.0 Å². The van der Waals surface area contributed by atoms with Crippen LogP contribution in [0, 0.1) is 11.7 Å². The first-order valence-electron chi connectivity index (χ1n) is 10.2. The van der Waals surface area contributed by atoms with E-state index in [1.165, 1.54) is 37.1 Å². The number of rotatable bonds is 3.